The topological polar surface area (TPSA) is 72.4 Å². The highest BCUT2D eigenvalue weighted by molar-refractivity contribution is 5.76. The lowest BCUT2D eigenvalue weighted by Gasteiger charge is -2.20. The van der Waals surface area contributed by atoms with Gasteiger partial charge in [-0.05, 0) is 25.7 Å². The van der Waals surface area contributed by atoms with E-state index in [0.717, 1.165) is 30.7 Å². The second-order valence-electron chi connectivity index (χ2n) is 5.24. The molecule has 2 atom stereocenters. The SMILES string of the molecule is Cc1cc(CN(C)C(=O)C[C@@H]2CCC[C@H]2N)no1. The molecule has 1 fully saturated rings. The zero-order valence-electron chi connectivity index (χ0n) is 11.1. The van der Waals surface area contributed by atoms with Gasteiger partial charge in [0.05, 0.1) is 6.54 Å². The smallest absolute Gasteiger partial charge is 0.223 e. The number of aromatic nitrogens is 1. The molecule has 0 spiro atoms. The van der Waals surface area contributed by atoms with Crippen molar-refractivity contribution in [1.82, 2.24) is 10.1 Å². The first-order valence-corrected chi connectivity index (χ1v) is 6.48. The van der Waals surface area contributed by atoms with E-state index >= 15 is 0 Å². The van der Waals surface area contributed by atoms with Crippen LogP contribution in [0, 0.1) is 12.8 Å². The molecule has 1 aliphatic carbocycles. The Hall–Kier alpha value is -1.36. The second-order valence-corrected chi connectivity index (χ2v) is 5.24. The highest BCUT2D eigenvalue weighted by atomic mass is 16.5. The summed E-state index contributed by atoms with van der Waals surface area (Å²) in [6, 6.07) is 2.04. The van der Waals surface area contributed by atoms with E-state index in [1.54, 1.807) is 11.9 Å². The van der Waals surface area contributed by atoms with Crippen molar-refractivity contribution in [3.63, 3.8) is 0 Å². The summed E-state index contributed by atoms with van der Waals surface area (Å²) in [6.45, 7) is 2.34. The first kappa shape index (κ1) is 13.1. The van der Waals surface area contributed by atoms with Crippen LogP contribution in [0.15, 0.2) is 10.6 Å². The molecule has 18 heavy (non-hydrogen) atoms. The van der Waals surface area contributed by atoms with Gasteiger partial charge in [-0.25, -0.2) is 0 Å². The summed E-state index contributed by atoms with van der Waals surface area (Å²) in [6.07, 6.45) is 3.81. The van der Waals surface area contributed by atoms with E-state index in [4.69, 9.17) is 10.3 Å². The molecule has 0 aliphatic heterocycles. The van der Waals surface area contributed by atoms with Gasteiger partial charge in [0, 0.05) is 25.6 Å². The molecule has 2 rings (SSSR count). The first-order chi connectivity index (χ1) is 8.56. The maximum Gasteiger partial charge on any atom is 0.223 e. The molecule has 100 valence electrons. The van der Waals surface area contributed by atoms with Crippen molar-refractivity contribution in [2.45, 2.75) is 45.2 Å². The van der Waals surface area contributed by atoms with Crippen LogP contribution in [0.25, 0.3) is 0 Å². The highest BCUT2D eigenvalue weighted by Crippen LogP contribution is 2.27. The summed E-state index contributed by atoms with van der Waals surface area (Å²) in [5.74, 6) is 1.25. The third kappa shape index (κ3) is 3.10. The molecule has 5 heteroatoms. The molecular weight excluding hydrogens is 230 g/mol. The van der Waals surface area contributed by atoms with E-state index in [1.165, 1.54) is 0 Å². The molecule has 1 heterocycles. The summed E-state index contributed by atoms with van der Waals surface area (Å²) < 4.78 is 4.99. The summed E-state index contributed by atoms with van der Waals surface area (Å²) in [5.41, 5.74) is 6.78. The van der Waals surface area contributed by atoms with E-state index in [-0.39, 0.29) is 11.9 Å². The van der Waals surface area contributed by atoms with Gasteiger partial charge in [0.1, 0.15) is 11.5 Å². The highest BCUT2D eigenvalue weighted by Gasteiger charge is 2.27. The van der Waals surface area contributed by atoms with Crippen LogP contribution in [0.2, 0.25) is 0 Å². The maximum absolute atomic E-state index is 12.1. The van der Waals surface area contributed by atoms with E-state index < -0.39 is 0 Å². The minimum atomic E-state index is 0.137. The Bertz CT molecular complexity index is 416. The predicted molar refractivity (Wildman–Crippen MR) is 67.6 cm³/mol. The van der Waals surface area contributed by atoms with Crippen LogP contribution >= 0.6 is 0 Å². The van der Waals surface area contributed by atoms with Crippen molar-refractivity contribution in [2.24, 2.45) is 11.7 Å². The molecule has 1 aliphatic rings. The lowest BCUT2D eigenvalue weighted by atomic mass is 9.99. The number of nitrogens with zero attached hydrogens (tertiary/aromatic N) is 2. The quantitative estimate of drug-likeness (QED) is 0.879. The molecule has 1 aromatic heterocycles. The molecule has 1 aromatic rings. The van der Waals surface area contributed by atoms with Crippen LogP contribution in [0.3, 0.4) is 0 Å². The molecule has 0 bridgehead atoms. The summed E-state index contributed by atoms with van der Waals surface area (Å²) in [7, 11) is 1.80. The summed E-state index contributed by atoms with van der Waals surface area (Å²) in [4.78, 5) is 13.8. The fourth-order valence-electron chi connectivity index (χ4n) is 2.52. The second kappa shape index (κ2) is 5.52. The molecule has 0 saturated heterocycles. The van der Waals surface area contributed by atoms with Gasteiger partial charge >= 0.3 is 0 Å². The van der Waals surface area contributed by atoms with Crippen molar-refractivity contribution in [2.75, 3.05) is 7.05 Å². The van der Waals surface area contributed by atoms with Gasteiger partial charge in [0.25, 0.3) is 0 Å². The molecule has 0 aromatic carbocycles. The normalized spacial score (nSPS) is 23.3. The molecule has 1 saturated carbocycles. The number of amides is 1. The van der Waals surface area contributed by atoms with Crippen LogP contribution < -0.4 is 5.73 Å². The third-order valence-corrected chi connectivity index (χ3v) is 3.66. The van der Waals surface area contributed by atoms with Gasteiger partial charge in [-0.15, -0.1) is 0 Å². The fourth-order valence-corrected chi connectivity index (χ4v) is 2.52. The van der Waals surface area contributed by atoms with Crippen LogP contribution in [-0.2, 0) is 11.3 Å². The summed E-state index contributed by atoms with van der Waals surface area (Å²) >= 11 is 0. The van der Waals surface area contributed by atoms with E-state index in [1.807, 2.05) is 13.0 Å². The molecule has 5 nitrogen and oxygen atoms in total. The van der Waals surface area contributed by atoms with E-state index in [0.29, 0.717) is 18.9 Å². The van der Waals surface area contributed by atoms with Crippen LogP contribution in [0.5, 0.6) is 0 Å². The van der Waals surface area contributed by atoms with Gasteiger partial charge in [0.15, 0.2) is 0 Å². The maximum atomic E-state index is 12.1. The third-order valence-electron chi connectivity index (χ3n) is 3.66. The molecular formula is C13H21N3O2. The Kier molecular flexibility index (Phi) is 4.01. The van der Waals surface area contributed by atoms with Gasteiger partial charge in [-0.2, -0.15) is 0 Å². The minimum Gasteiger partial charge on any atom is -0.361 e. The van der Waals surface area contributed by atoms with Crippen molar-refractivity contribution in [1.29, 1.82) is 0 Å². The van der Waals surface area contributed by atoms with Crippen molar-refractivity contribution < 1.29 is 9.32 Å². The number of carbonyl (C=O) groups excluding carboxylic acids is 1. The zero-order valence-corrected chi connectivity index (χ0v) is 11.1. The van der Waals surface area contributed by atoms with Crippen LogP contribution in [0.1, 0.15) is 37.1 Å². The van der Waals surface area contributed by atoms with Gasteiger partial charge in [-0.3, -0.25) is 4.79 Å². The zero-order chi connectivity index (χ0) is 13.1. The van der Waals surface area contributed by atoms with Crippen molar-refractivity contribution >= 4 is 5.91 Å². The predicted octanol–water partition coefficient (Wildman–Crippen LogP) is 1.46. The average Bonchev–Trinajstić information content (AvgIpc) is 2.89. The monoisotopic (exact) mass is 251 g/mol. The number of hydrogen-bond acceptors (Lipinski definition) is 4. The fraction of sp³-hybridized carbons (Fsp3) is 0.692. The molecule has 2 N–H and O–H groups in total. The standard InChI is InChI=1S/C13H21N3O2/c1-9-6-11(15-18-9)8-16(2)13(17)7-10-4-3-5-12(10)14/h6,10,12H,3-5,7-8,14H2,1-2H3/t10-,12+/m0/s1. The number of rotatable bonds is 4. The average molecular weight is 251 g/mol. The largest absolute Gasteiger partial charge is 0.361 e. The van der Waals surface area contributed by atoms with Gasteiger partial charge in [0.2, 0.25) is 5.91 Å². The number of aryl methyl sites for hydroxylation is 1. The molecule has 0 unspecified atom stereocenters. The molecule has 1 amide bonds. The minimum absolute atomic E-state index is 0.137. The number of hydrogen-bond donors (Lipinski definition) is 1. The number of nitrogens with two attached hydrogens (primary N) is 1. The van der Waals surface area contributed by atoms with Crippen LogP contribution in [0.4, 0.5) is 0 Å². The van der Waals surface area contributed by atoms with Gasteiger partial charge in [-0.1, -0.05) is 11.6 Å². The Morgan fingerprint density at radius 3 is 2.94 bits per heavy atom. The van der Waals surface area contributed by atoms with Gasteiger partial charge < -0.3 is 15.2 Å². The Morgan fingerprint density at radius 2 is 2.39 bits per heavy atom. The first-order valence-electron chi connectivity index (χ1n) is 6.48. The molecule has 0 radical (unpaired) electrons. The van der Waals surface area contributed by atoms with Crippen LogP contribution in [-0.4, -0.2) is 29.1 Å². The summed E-state index contributed by atoms with van der Waals surface area (Å²) in [5, 5.41) is 3.89. The Morgan fingerprint density at radius 1 is 1.61 bits per heavy atom. The van der Waals surface area contributed by atoms with E-state index in [2.05, 4.69) is 5.16 Å². The Balaban J connectivity index is 1.84. The van der Waals surface area contributed by atoms with Crippen molar-refractivity contribution in [3.8, 4) is 0 Å². The lowest BCUT2D eigenvalue weighted by molar-refractivity contribution is -0.131. The number of carbonyl (C=O) groups is 1. The lowest BCUT2D eigenvalue weighted by Crippen LogP contribution is -2.32. The Labute approximate surface area is 107 Å². The van der Waals surface area contributed by atoms with E-state index in [9.17, 15) is 4.79 Å². The van der Waals surface area contributed by atoms with Crippen molar-refractivity contribution in [3.05, 3.63) is 17.5 Å².